The number of nitrogens with one attached hydrogen (secondary N) is 1. The Morgan fingerprint density at radius 3 is 2.69 bits per heavy atom. The number of nitrogens with two attached hydrogens (primary N) is 1. The van der Waals surface area contributed by atoms with E-state index in [0.717, 1.165) is 4.90 Å². The molecule has 0 atom stereocenters. The summed E-state index contributed by atoms with van der Waals surface area (Å²) in [6.45, 7) is 0.0542. The Morgan fingerprint density at radius 1 is 1.62 bits per heavy atom. The summed E-state index contributed by atoms with van der Waals surface area (Å²) in [6, 6.07) is 0. The fourth-order valence-electron chi connectivity index (χ4n) is 0.679. The molecule has 0 saturated heterocycles. The van der Waals surface area contributed by atoms with E-state index in [1.54, 1.807) is 24.2 Å². The summed E-state index contributed by atoms with van der Waals surface area (Å²) in [5.41, 5.74) is 4.94. The molecular formula is C7H10N4OS. The molecule has 0 saturated carbocycles. The van der Waals surface area contributed by atoms with Gasteiger partial charge < -0.3 is 11.1 Å². The van der Waals surface area contributed by atoms with Crippen LogP contribution < -0.4 is 11.1 Å². The molecule has 0 aliphatic rings. The standard InChI is InChI=1S/C7H10N4OS/c1-13-5-2-9-7(10-3-5)11-4-6(8)12/h2-3H,4H2,1H3,(H2,8,12)(H,9,10,11). The van der Waals surface area contributed by atoms with E-state index in [4.69, 9.17) is 5.73 Å². The lowest BCUT2D eigenvalue weighted by atomic mass is 10.6. The summed E-state index contributed by atoms with van der Waals surface area (Å²) >= 11 is 1.56. The zero-order chi connectivity index (χ0) is 9.68. The number of aromatic nitrogens is 2. The van der Waals surface area contributed by atoms with Gasteiger partial charge in [-0.3, -0.25) is 4.79 Å². The Balaban J connectivity index is 2.54. The van der Waals surface area contributed by atoms with Crippen molar-refractivity contribution in [1.82, 2.24) is 9.97 Å². The summed E-state index contributed by atoms with van der Waals surface area (Å²) in [7, 11) is 0. The van der Waals surface area contributed by atoms with Crippen molar-refractivity contribution in [3.05, 3.63) is 12.4 Å². The summed E-state index contributed by atoms with van der Waals surface area (Å²) in [4.78, 5) is 19.3. The van der Waals surface area contributed by atoms with Crippen LogP contribution in [-0.2, 0) is 4.79 Å². The third kappa shape index (κ3) is 3.29. The molecule has 0 fully saturated rings. The Labute approximate surface area is 80.1 Å². The van der Waals surface area contributed by atoms with Gasteiger partial charge in [0.2, 0.25) is 11.9 Å². The van der Waals surface area contributed by atoms with Crippen LogP contribution in [-0.4, -0.2) is 28.7 Å². The minimum atomic E-state index is -0.433. The number of thioether (sulfide) groups is 1. The second-order valence-corrected chi connectivity index (χ2v) is 3.15. The quantitative estimate of drug-likeness (QED) is 0.670. The highest BCUT2D eigenvalue weighted by Gasteiger charge is 1.97. The predicted octanol–water partition coefficient (Wildman–Crippen LogP) is 0.0957. The number of carbonyl (C=O) groups excluding carboxylic acids is 1. The van der Waals surface area contributed by atoms with Gasteiger partial charge in [0.05, 0.1) is 6.54 Å². The summed E-state index contributed by atoms with van der Waals surface area (Å²) < 4.78 is 0. The minimum absolute atomic E-state index is 0.0542. The van der Waals surface area contributed by atoms with Crippen LogP contribution in [0.4, 0.5) is 5.95 Å². The van der Waals surface area contributed by atoms with Crippen LogP contribution >= 0.6 is 11.8 Å². The minimum Gasteiger partial charge on any atom is -0.368 e. The Morgan fingerprint density at radius 2 is 2.23 bits per heavy atom. The van der Waals surface area contributed by atoms with Crippen molar-refractivity contribution >= 4 is 23.6 Å². The molecule has 1 aromatic heterocycles. The zero-order valence-corrected chi connectivity index (χ0v) is 7.97. The van der Waals surface area contributed by atoms with E-state index in [1.807, 2.05) is 6.26 Å². The molecule has 1 aromatic rings. The van der Waals surface area contributed by atoms with E-state index < -0.39 is 5.91 Å². The van der Waals surface area contributed by atoms with E-state index >= 15 is 0 Å². The van der Waals surface area contributed by atoms with E-state index in [9.17, 15) is 4.79 Å². The van der Waals surface area contributed by atoms with Crippen LogP contribution in [0.15, 0.2) is 17.3 Å². The number of primary amides is 1. The first-order valence-electron chi connectivity index (χ1n) is 3.60. The van der Waals surface area contributed by atoms with Crippen molar-refractivity contribution < 1.29 is 4.79 Å². The third-order valence-corrected chi connectivity index (χ3v) is 1.97. The largest absolute Gasteiger partial charge is 0.368 e. The molecule has 0 radical (unpaired) electrons. The molecule has 0 spiro atoms. The molecule has 1 amide bonds. The number of amides is 1. The van der Waals surface area contributed by atoms with Gasteiger partial charge in [0.15, 0.2) is 0 Å². The molecule has 1 heterocycles. The average Bonchev–Trinajstić information content (AvgIpc) is 2.15. The van der Waals surface area contributed by atoms with Gasteiger partial charge >= 0.3 is 0 Å². The second-order valence-electron chi connectivity index (χ2n) is 2.27. The average molecular weight is 198 g/mol. The number of nitrogens with zero attached hydrogens (tertiary/aromatic N) is 2. The fourth-order valence-corrected chi connectivity index (χ4v) is 0.995. The number of rotatable bonds is 4. The summed E-state index contributed by atoms with van der Waals surface area (Å²) in [5, 5.41) is 2.69. The van der Waals surface area contributed by atoms with E-state index in [-0.39, 0.29) is 6.54 Å². The van der Waals surface area contributed by atoms with Crippen molar-refractivity contribution in [3.63, 3.8) is 0 Å². The molecule has 6 heteroatoms. The summed E-state index contributed by atoms with van der Waals surface area (Å²) in [6.07, 6.45) is 5.30. The molecule has 5 nitrogen and oxygen atoms in total. The lowest BCUT2D eigenvalue weighted by Crippen LogP contribution is -2.22. The van der Waals surface area contributed by atoms with Gasteiger partial charge in [-0.15, -0.1) is 11.8 Å². The molecule has 3 N–H and O–H groups in total. The monoisotopic (exact) mass is 198 g/mol. The topological polar surface area (TPSA) is 80.9 Å². The van der Waals surface area contributed by atoms with E-state index in [2.05, 4.69) is 15.3 Å². The number of hydrogen-bond donors (Lipinski definition) is 2. The summed E-state index contributed by atoms with van der Waals surface area (Å²) in [5.74, 6) is -0.0193. The maximum absolute atomic E-state index is 10.4. The Kier molecular flexibility index (Phi) is 3.51. The van der Waals surface area contributed by atoms with Gasteiger partial charge in [0, 0.05) is 17.3 Å². The lowest BCUT2D eigenvalue weighted by Gasteiger charge is -2.01. The van der Waals surface area contributed by atoms with Crippen LogP contribution in [0.1, 0.15) is 0 Å². The molecule has 70 valence electrons. The zero-order valence-electron chi connectivity index (χ0n) is 7.15. The number of anilines is 1. The van der Waals surface area contributed by atoms with Crippen LogP contribution in [0, 0.1) is 0 Å². The van der Waals surface area contributed by atoms with Crippen LogP contribution in [0.3, 0.4) is 0 Å². The molecule has 13 heavy (non-hydrogen) atoms. The smallest absolute Gasteiger partial charge is 0.236 e. The van der Waals surface area contributed by atoms with E-state index in [1.165, 1.54) is 0 Å². The number of carbonyl (C=O) groups is 1. The van der Waals surface area contributed by atoms with Crippen molar-refractivity contribution in [2.75, 3.05) is 18.1 Å². The molecule has 1 rings (SSSR count). The molecule has 0 unspecified atom stereocenters. The fraction of sp³-hybridized carbons (Fsp3) is 0.286. The predicted molar refractivity (Wildman–Crippen MR) is 51.5 cm³/mol. The van der Waals surface area contributed by atoms with Gasteiger partial charge in [-0.05, 0) is 6.26 Å². The van der Waals surface area contributed by atoms with Gasteiger partial charge in [0.25, 0.3) is 0 Å². The maximum atomic E-state index is 10.4. The van der Waals surface area contributed by atoms with Gasteiger partial charge in [0.1, 0.15) is 0 Å². The van der Waals surface area contributed by atoms with Gasteiger partial charge in [-0.2, -0.15) is 0 Å². The number of hydrogen-bond acceptors (Lipinski definition) is 5. The van der Waals surface area contributed by atoms with Crippen molar-refractivity contribution in [2.45, 2.75) is 4.90 Å². The molecule has 0 aromatic carbocycles. The lowest BCUT2D eigenvalue weighted by molar-refractivity contribution is -0.116. The maximum Gasteiger partial charge on any atom is 0.236 e. The first-order valence-corrected chi connectivity index (χ1v) is 4.83. The first-order chi connectivity index (χ1) is 6.22. The van der Waals surface area contributed by atoms with Crippen molar-refractivity contribution in [3.8, 4) is 0 Å². The first kappa shape index (κ1) is 9.79. The second kappa shape index (κ2) is 4.66. The van der Waals surface area contributed by atoms with Crippen LogP contribution in [0.2, 0.25) is 0 Å². The Bertz CT molecular complexity index is 287. The Hall–Kier alpha value is -1.30. The van der Waals surface area contributed by atoms with Gasteiger partial charge in [-0.1, -0.05) is 0 Å². The highest BCUT2D eigenvalue weighted by molar-refractivity contribution is 7.98. The SMILES string of the molecule is CSc1cnc(NCC(N)=O)nc1. The van der Waals surface area contributed by atoms with Gasteiger partial charge in [-0.25, -0.2) is 9.97 Å². The van der Waals surface area contributed by atoms with E-state index in [0.29, 0.717) is 5.95 Å². The van der Waals surface area contributed by atoms with Crippen molar-refractivity contribution in [2.24, 2.45) is 5.73 Å². The highest BCUT2D eigenvalue weighted by Crippen LogP contribution is 2.11. The molecule has 0 aliphatic heterocycles. The highest BCUT2D eigenvalue weighted by atomic mass is 32.2. The molecule has 0 bridgehead atoms. The van der Waals surface area contributed by atoms with Crippen LogP contribution in [0.25, 0.3) is 0 Å². The van der Waals surface area contributed by atoms with Crippen LogP contribution in [0.5, 0.6) is 0 Å². The third-order valence-electron chi connectivity index (χ3n) is 1.28. The normalized spacial score (nSPS) is 9.62. The molecular weight excluding hydrogens is 188 g/mol. The van der Waals surface area contributed by atoms with Crippen molar-refractivity contribution in [1.29, 1.82) is 0 Å². The molecule has 0 aliphatic carbocycles.